The molecule has 0 bridgehead atoms. The Hall–Kier alpha value is -2.54. The Balaban J connectivity index is 2.07. The molecule has 2 aromatic rings. The highest BCUT2D eigenvalue weighted by molar-refractivity contribution is 7.92. The molecule has 0 aromatic heterocycles. The van der Waals surface area contributed by atoms with E-state index in [4.69, 9.17) is 4.74 Å². The van der Waals surface area contributed by atoms with Gasteiger partial charge in [-0.3, -0.25) is 9.52 Å². The number of benzene rings is 2. The summed E-state index contributed by atoms with van der Waals surface area (Å²) in [5, 5.41) is 2.95. The molecule has 0 spiro atoms. The molecule has 2 N–H and O–H groups in total. The number of amides is 1. The van der Waals surface area contributed by atoms with Crippen molar-refractivity contribution in [3.63, 3.8) is 0 Å². The van der Waals surface area contributed by atoms with Crippen molar-refractivity contribution in [1.29, 1.82) is 0 Å². The second-order valence-corrected chi connectivity index (χ2v) is 7.76. The lowest BCUT2D eigenvalue weighted by atomic mass is 10.1. The molecule has 6 nitrogen and oxygen atoms in total. The lowest BCUT2D eigenvalue weighted by Crippen LogP contribution is -2.33. The SMILES string of the molecule is CCOc1ccc(S(=O)(=O)Nc2ccc(C(=O)NC(CC)CC)cc2)cc1. The topological polar surface area (TPSA) is 84.5 Å². The molecule has 0 heterocycles. The van der Waals surface area contributed by atoms with Gasteiger partial charge in [0.05, 0.1) is 11.5 Å². The van der Waals surface area contributed by atoms with Crippen molar-refractivity contribution in [2.45, 2.75) is 44.6 Å². The van der Waals surface area contributed by atoms with Crippen molar-refractivity contribution >= 4 is 21.6 Å². The molecule has 1 amide bonds. The third kappa shape index (κ3) is 5.72. The van der Waals surface area contributed by atoms with Gasteiger partial charge in [-0.2, -0.15) is 0 Å². The van der Waals surface area contributed by atoms with Crippen molar-refractivity contribution in [3.8, 4) is 5.75 Å². The van der Waals surface area contributed by atoms with E-state index in [0.717, 1.165) is 12.8 Å². The van der Waals surface area contributed by atoms with Crippen LogP contribution in [0.4, 0.5) is 5.69 Å². The zero-order valence-electron chi connectivity index (χ0n) is 15.9. The quantitative estimate of drug-likeness (QED) is 0.682. The number of carbonyl (C=O) groups is 1. The summed E-state index contributed by atoms with van der Waals surface area (Å²) < 4.78 is 32.8. The molecular weight excluding hydrogens is 364 g/mol. The number of carbonyl (C=O) groups excluding carboxylic acids is 1. The Bertz CT molecular complexity index is 843. The van der Waals surface area contributed by atoms with Crippen LogP contribution in [-0.4, -0.2) is 27.0 Å². The summed E-state index contributed by atoms with van der Waals surface area (Å²) in [4.78, 5) is 12.4. The van der Waals surface area contributed by atoms with Gasteiger partial charge >= 0.3 is 0 Å². The Morgan fingerprint density at radius 3 is 2.07 bits per heavy atom. The lowest BCUT2D eigenvalue weighted by molar-refractivity contribution is 0.0935. The van der Waals surface area contributed by atoms with E-state index in [0.29, 0.717) is 23.6 Å². The smallest absolute Gasteiger partial charge is 0.261 e. The largest absolute Gasteiger partial charge is 0.494 e. The van der Waals surface area contributed by atoms with Gasteiger partial charge < -0.3 is 10.1 Å². The normalized spacial score (nSPS) is 11.3. The number of sulfonamides is 1. The van der Waals surface area contributed by atoms with E-state index in [1.807, 2.05) is 20.8 Å². The maximum Gasteiger partial charge on any atom is 0.261 e. The molecule has 0 saturated heterocycles. The first-order chi connectivity index (χ1) is 12.9. The predicted octanol–water partition coefficient (Wildman–Crippen LogP) is 3.80. The number of nitrogens with one attached hydrogen (secondary N) is 2. The number of anilines is 1. The minimum absolute atomic E-state index is 0.135. The summed E-state index contributed by atoms with van der Waals surface area (Å²) in [7, 11) is -3.71. The molecule has 0 radical (unpaired) electrons. The van der Waals surface area contributed by atoms with E-state index in [-0.39, 0.29) is 16.8 Å². The van der Waals surface area contributed by atoms with Crippen LogP contribution in [0.3, 0.4) is 0 Å². The standard InChI is InChI=1S/C20H26N2O4S/c1-4-16(5-2)21-20(23)15-7-9-17(10-8-15)22-27(24,25)19-13-11-18(12-14-19)26-6-3/h7-14,16,22H,4-6H2,1-3H3,(H,21,23). The minimum Gasteiger partial charge on any atom is -0.494 e. The Morgan fingerprint density at radius 2 is 1.56 bits per heavy atom. The minimum atomic E-state index is -3.71. The van der Waals surface area contributed by atoms with Gasteiger partial charge in [0.15, 0.2) is 0 Å². The first-order valence-electron chi connectivity index (χ1n) is 9.06. The average Bonchev–Trinajstić information content (AvgIpc) is 2.67. The van der Waals surface area contributed by atoms with Crippen LogP contribution in [0.15, 0.2) is 53.4 Å². The number of rotatable bonds is 9. The zero-order valence-corrected chi connectivity index (χ0v) is 16.7. The van der Waals surface area contributed by atoms with Crippen LogP contribution in [-0.2, 0) is 10.0 Å². The second-order valence-electron chi connectivity index (χ2n) is 6.07. The molecule has 0 aliphatic carbocycles. The molecule has 2 aromatic carbocycles. The molecule has 0 saturated carbocycles. The molecule has 0 atom stereocenters. The highest BCUT2D eigenvalue weighted by Crippen LogP contribution is 2.20. The molecule has 146 valence electrons. The van der Waals surface area contributed by atoms with Crippen LogP contribution >= 0.6 is 0 Å². The van der Waals surface area contributed by atoms with Gasteiger partial charge in [0.1, 0.15) is 5.75 Å². The molecule has 2 rings (SSSR count). The Morgan fingerprint density at radius 1 is 0.963 bits per heavy atom. The molecule has 0 aliphatic heterocycles. The molecular formula is C20H26N2O4S. The van der Waals surface area contributed by atoms with Crippen molar-refractivity contribution < 1.29 is 17.9 Å². The van der Waals surface area contributed by atoms with Gasteiger partial charge in [0, 0.05) is 17.3 Å². The van der Waals surface area contributed by atoms with Gasteiger partial charge in [-0.05, 0) is 68.3 Å². The van der Waals surface area contributed by atoms with E-state index < -0.39 is 10.0 Å². The molecule has 7 heteroatoms. The van der Waals surface area contributed by atoms with Crippen LogP contribution in [0.1, 0.15) is 44.0 Å². The Labute approximate surface area is 161 Å². The van der Waals surface area contributed by atoms with Gasteiger partial charge in [0.2, 0.25) is 0 Å². The lowest BCUT2D eigenvalue weighted by Gasteiger charge is -2.15. The average molecular weight is 391 g/mol. The van der Waals surface area contributed by atoms with Crippen LogP contribution in [0, 0.1) is 0 Å². The van der Waals surface area contributed by atoms with E-state index in [1.54, 1.807) is 36.4 Å². The van der Waals surface area contributed by atoms with Crippen LogP contribution in [0.25, 0.3) is 0 Å². The summed E-state index contributed by atoms with van der Waals surface area (Å²) in [5.41, 5.74) is 0.883. The molecule has 0 fully saturated rings. The van der Waals surface area contributed by atoms with Crippen LogP contribution in [0.2, 0.25) is 0 Å². The van der Waals surface area contributed by atoms with Crippen molar-refractivity contribution in [3.05, 3.63) is 54.1 Å². The van der Waals surface area contributed by atoms with E-state index in [9.17, 15) is 13.2 Å². The van der Waals surface area contributed by atoms with Crippen molar-refractivity contribution in [2.75, 3.05) is 11.3 Å². The monoisotopic (exact) mass is 390 g/mol. The summed E-state index contributed by atoms with van der Waals surface area (Å²) in [5.74, 6) is 0.453. The third-order valence-corrected chi connectivity index (χ3v) is 5.56. The van der Waals surface area contributed by atoms with Crippen LogP contribution in [0.5, 0.6) is 5.75 Å². The first-order valence-corrected chi connectivity index (χ1v) is 10.5. The zero-order chi connectivity index (χ0) is 19.9. The maximum atomic E-state index is 12.5. The highest BCUT2D eigenvalue weighted by Gasteiger charge is 2.15. The fourth-order valence-corrected chi connectivity index (χ4v) is 3.61. The van der Waals surface area contributed by atoms with Gasteiger partial charge in [0.25, 0.3) is 15.9 Å². The first kappa shape index (κ1) is 20.8. The van der Waals surface area contributed by atoms with Gasteiger partial charge in [-0.1, -0.05) is 13.8 Å². The maximum absolute atomic E-state index is 12.5. The molecule has 27 heavy (non-hydrogen) atoms. The fourth-order valence-electron chi connectivity index (χ4n) is 2.55. The van der Waals surface area contributed by atoms with Crippen molar-refractivity contribution in [2.24, 2.45) is 0 Å². The van der Waals surface area contributed by atoms with E-state index >= 15 is 0 Å². The number of hydrogen-bond donors (Lipinski definition) is 2. The third-order valence-electron chi connectivity index (χ3n) is 4.17. The summed E-state index contributed by atoms with van der Waals surface area (Å²) in [6, 6.07) is 12.7. The predicted molar refractivity (Wildman–Crippen MR) is 107 cm³/mol. The highest BCUT2D eigenvalue weighted by atomic mass is 32.2. The van der Waals surface area contributed by atoms with Crippen molar-refractivity contribution in [1.82, 2.24) is 5.32 Å². The fraction of sp³-hybridized carbons (Fsp3) is 0.350. The summed E-state index contributed by atoms with van der Waals surface area (Å²) in [6.07, 6.45) is 1.73. The summed E-state index contributed by atoms with van der Waals surface area (Å²) >= 11 is 0. The second kappa shape index (κ2) is 9.41. The summed E-state index contributed by atoms with van der Waals surface area (Å²) in [6.45, 7) is 6.42. The van der Waals surface area contributed by atoms with E-state index in [1.165, 1.54) is 12.1 Å². The van der Waals surface area contributed by atoms with E-state index in [2.05, 4.69) is 10.0 Å². The van der Waals surface area contributed by atoms with Gasteiger partial charge in [-0.25, -0.2) is 8.42 Å². The van der Waals surface area contributed by atoms with Gasteiger partial charge in [-0.15, -0.1) is 0 Å². The molecule has 0 unspecified atom stereocenters. The number of hydrogen-bond acceptors (Lipinski definition) is 4. The van der Waals surface area contributed by atoms with Crippen LogP contribution < -0.4 is 14.8 Å². The molecule has 0 aliphatic rings. The number of ether oxygens (including phenoxy) is 1. The Kier molecular flexibility index (Phi) is 7.24.